The zero-order valence-corrected chi connectivity index (χ0v) is 25.9. The SMILES string of the molecule is CC(=O)N[C@@H](COCCOCCOCCOCCOCCOCCCC(=O)OCC1c2ccccc2-c2ccccc21)C(=O)O. The third-order valence-corrected chi connectivity index (χ3v) is 6.86. The minimum absolute atomic E-state index is 0.0658. The first-order valence-corrected chi connectivity index (χ1v) is 15.3. The molecule has 1 atom stereocenters. The van der Waals surface area contributed by atoms with Crippen LogP contribution in [0, 0.1) is 0 Å². The predicted molar refractivity (Wildman–Crippen MR) is 164 cm³/mol. The molecular formula is C33H45NO11. The molecule has 12 heteroatoms. The van der Waals surface area contributed by atoms with Gasteiger partial charge in [0.05, 0.1) is 72.7 Å². The monoisotopic (exact) mass is 631 g/mol. The molecule has 3 rings (SSSR count). The molecule has 1 aliphatic carbocycles. The summed E-state index contributed by atoms with van der Waals surface area (Å²) in [5, 5.41) is 11.3. The van der Waals surface area contributed by atoms with Gasteiger partial charge in [0.2, 0.25) is 5.91 Å². The van der Waals surface area contributed by atoms with Gasteiger partial charge in [-0.15, -0.1) is 0 Å². The molecule has 12 nitrogen and oxygen atoms in total. The van der Waals surface area contributed by atoms with Gasteiger partial charge < -0.3 is 43.6 Å². The lowest BCUT2D eigenvalue weighted by Crippen LogP contribution is -2.43. The van der Waals surface area contributed by atoms with Gasteiger partial charge in [0, 0.05) is 25.9 Å². The van der Waals surface area contributed by atoms with Crippen molar-refractivity contribution in [1.82, 2.24) is 5.32 Å². The maximum absolute atomic E-state index is 12.3. The zero-order chi connectivity index (χ0) is 32.1. The fourth-order valence-corrected chi connectivity index (χ4v) is 4.73. The number of carboxylic acid groups (broad SMARTS) is 1. The Morgan fingerprint density at radius 1 is 0.689 bits per heavy atom. The van der Waals surface area contributed by atoms with E-state index >= 15 is 0 Å². The molecule has 0 heterocycles. The number of fused-ring (bicyclic) bond motifs is 3. The van der Waals surface area contributed by atoms with Crippen LogP contribution in [0.1, 0.15) is 36.8 Å². The van der Waals surface area contributed by atoms with E-state index in [4.69, 9.17) is 38.3 Å². The predicted octanol–water partition coefficient (Wildman–Crippen LogP) is 2.81. The summed E-state index contributed by atoms with van der Waals surface area (Å²) >= 11 is 0. The molecule has 45 heavy (non-hydrogen) atoms. The van der Waals surface area contributed by atoms with Crippen molar-refractivity contribution in [3.63, 3.8) is 0 Å². The molecule has 0 saturated carbocycles. The van der Waals surface area contributed by atoms with Crippen molar-refractivity contribution in [2.45, 2.75) is 31.7 Å². The van der Waals surface area contributed by atoms with Crippen LogP contribution in [-0.4, -0.2) is 115 Å². The third kappa shape index (κ3) is 13.6. The van der Waals surface area contributed by atoms with Crippen molar-refractivity contribution >= 4 is 17.8 Å². The second kappa shape index (κ2) is 21.4. The Morgan fingerprint density at radius 3 is 1.60 bits per heavy atom. The second-order valence-electron chi connectivity index (χ2n) is 10.2. The Kier molecular flexibility index (Phi) is 17.1. The number of rotatable bonds is 25. The van der Waals surface area contributed by atoms with Gasteiger partial charge in [0.1, 0.15) is 6.61 Å². The molecule has 2 N–H and O–H groups in total. The quantitative estimate of drug-likeness (QED) is 0.123. The molecule has 0 saturated heterocycles. The van der Waals surface area contributed by atoms with Gasteiger partial charge in [-0.05, 0) is 28.7 Å². The molecule has 0 radical (unpaired) electrons. The number of aliphatic carboxylic acids is 1. The summed E-state index contributed by atoms with van der Waals surface area (Å²) < 4.78 is 38.1. The standard InChI is InChI=1S/C33H45NO11/c1-25(35)34-31(33(37)38)24-44-22-21-43-20-19-42-18-17-41-16-15-40-14-13-39-12-6-11-32(36)45-23-30-28-9-4-2-7-26(28)27-8-3-5-10-29(27)30/h2-5,7-10,30-31H,6,11-24H2,1H3,(H,34,35)(H,37,38)/t31-/m0/s1. The number of carbonyl (C=O) groups excluding carboxylic acids is 2. The Morgan fingerprint density at radius 2 is 1.13 bits per heavy atom. The van der Waals surface area contributed by atoms with Crippen LogP contribution >= 0.6 is 0 Å². The molecule has 2 aromatic carbocycles. The minimum atomic E-state index is -1.15. The highest BCUT2D eigenvalue weighted by Crippen LogP contribution is 2.44. The Bertz CT molecular complexity index is 1130. The van der Waals surface area contributed by atoms with Crippen LogP contribution in [0.25, 0.3) is 11.1 Å². The van der Waals surface area contributed by atoms with Gasteiger partial charge in [-0.1, -0.05) is 48.5 Å². The lowest BCUT2D eigenvalue weighted by Gasteiger charge is -2.14. The molecule has 0 bridgehead atoms. The highest BCUT2D eigenvalue weighted by Gasteiger charge is 2.28. The summed E-state index contributed by atoms with van der Waals surface area (Å²) in [6, 6.07) is 15.5. The molecule has 2 aromatic rings. The fourth-order valence-electron chi connectivity index (χ4n) is 4.73. The fraction of sp³-hybridized carbons (Fsp3) is 0.545. The average Bonchev–Trinajstić information content (AvgIpc) is 3.35. The van der Waals surface area contributed by atoms with Gasteiger partial charge >= 0.3 is 11.9 Å². The summed E-state index contributed by atoms with van der Waals surface area (Å²) in [5.41, 5.74) is 4.82. The number of carbonyl (C=O) groups is 3. The van der Waals surface area contributed by atoms with Crippen LogP contribution in [0.2, 0.25) is 0 Å². The van der Waals surface area contributed by atoms with Crippen LogP contribution in [-0.2, 0) is 47.5 Å². The summed E-state index contributed by atoms with van der Waals surface area (Å²) in [7, 11) is 0. The van der Waals surface area contributed by atoms with Crippen molar-refractivity contribution < 1.29 is 52.6 Å². The first-order chi connectivity index (χ1) is 22.0. The number of nitrogens with one attached hydrogen (secondary N) is 1. The van der Waals surface area contributed by atoms with Crippen molar-refractivity contribution in [1.29, 1.82) is 0 Å². The molecule has 0 aromatic heterocycles. The molecule has 0 unspecified atom stereocenters. The van der Waals surface area contributed by atoms with E-state index in [1.807, 2.05) is 24.3 Å². The van der Waals surface area contributed by atoms with Crippen LogP contribution in [0.3, 0.4) is 0 Å². The molecule has 0 aliphatic heterocycles. The molecule has 248 valence electrons. The van der Waals surface area contributed by atoms with Crippen molar-refractivity contribution in [3.8, 4) is 11.1 Å². The minimum Gasteiger partial charge on any atom is -0.480 e. The van der Waals surface area contributed by atoms with E-state index in [0.29, 0.717) is 78.9 Å². The Labute approximate surface area is 264 Å². The van der Waals surface area contributed by atoms with E-state index in [2.05, 4.69) is 29.6 Å². The summed E-state index contributed by atoms with van der Waals surface area (Å²) in [4.78, 5) is 34.3. The van der Waals surface area contributed by atoms with Crippen LogP contribution < -0.4 is 5.32 Å². The summed E-state index contributed by atoms with van der Waals surface area (Å²) in [6.07, 6.45) is 0.898. The number of hydrogen-bond donors (Lipinski definition) is 2. The van der Waals surface area contributed by atoms with Gasteiger partial charge in [0.25, 0.3) is 0 Å². The average molecular weight is 632 g/mol. The van der Waals surface area contributed by atoms with Gasteiger partial charge in [-0.25, -0.2) is 4.79 Å². The number of hydrogen-bond acceptors (Lipinski definition) is 10. The summed E-state index contributed by atoms with van der Waals surface area (Å²) in [6.45, 7) is 5.77. The molecular weight excluding hydrogens is 586 g/mol. The molecule has 1 aliphatic rings. The number of carboxylic acids is 1. The van der Waals surface area contributed by atoms with Gasteiger partial charge in [-0.2, -0.15) is 0 Å². The molecule has 1 amide bonds. The van der Waals surface area contributed by atoms with E-state index in [9.17, 15) is 14.4 Å². The van der Waals surface area contributed by atoms with Crippen molar-refractivity contribution in [3.05, 3.63) is 59.7 Å². The number of esters is 1. The van der Waals surface area contributed by atoms with E-state index in [0.717, 1.165) is 0 Å². The largest absolute Gasteiger partial charge is 0.480 e. The first kappa shape index (κ1) is 36.1. The van der Waals surface area contributed by atoms with E-state index < -0.39 is 17.9 Å². The molecule has 0 spiro atoms. The maximum atomic E-state index is 12.3. The topological polar surface area (TPSA) is 148 Å². The maximum Gasteiger partial charge on any atom is 0.328 e. The van der Waals surface area contributed by atoms with Crippen LogP contribution in [0.15, 0.2) is 48.5 Å². The normalized spacial score (nSPS) is 12.8. The van der Waals surface area contributed by atoms with E-state index in [1.54, 1.807) is 0 Å². The second-order valence-corrected chi connectivity index (χ2v) is 10.2. The number of benzene rings is 2. The lowest BCUT2D eigenvalue weighted by atomic mass is 9.98. The van der Waals surface area contributed by atoms with Gasteiger partial charge in [-0.3, -0.25) is 9.59 Å². The van der Waals surface area contributed by atoms with Crippen LogP contribution in [0.5, 0.6) is 0 Å². The van der Waals surface area contributed by atoms with E-state index in [-0.39, 0.29) is 31.7 Å². The smallest absolute Gasteiger partial charge is 0.328 e. The summed E-state index contributed by atoms with van der Waals surface area (Å²) in [5.74, 6) is -1.74. The van der Waals surface area contributed by atoms with Crippen LogP contribution in [0.4, 0.5) is 0 Å². The lowest BCUT2D eigenvalue weighted by molar-refractivity contribution is -0.144. The van der Waals surface area contributed by atoms with Crippen molar-refractivity contribution in [2.75, 3.05) is 85.9 Å². The number of ether oxygens (including phenoxy) is 7. The van der Waals surface area contributed by atoms with Gasteiger partial charge in [0.15, 0.2) is 6.04 Å². The van der Waals surface area contributed by atoms with E-state index in [1.165, 1.54) is 29.2 Å². The first-order valence-electron chi connectivity index (χ1n) is 15.3. The Balaban J connectivity index is 1.05. The zero-order valence-electron chi connectivity index (χ0n) is 25.9. The third-order valence-electron chi connectivity index (χ3n) is 6.86. The molecule has 0 fully saturated rings. The number of amides is 1. The highest BCUT2D eigenvalue weighted by atomic mass is 16.6. The van der Waals surface area contributed by atoms with Crippen molar-refractivity contribution in [2.24, 2.45) is 0 Å². The Hall–Kier alpha value is -3.39. The highest BCUT2D eigenvalue weighted by molar-refractivity contribution is 5.82.